The Bertz CT molecular complexity index is 993. The number of carbonyl (C=O) groups is 1. The summed E-state index contributed by atoms with van der Waals surface area (Å²) in [7, 11) is 6.70. The van der Waals surface area contributed by atoms with E-state index in [0.717, 1.165) is 34.8 Å². The average Bonchev–Trinajstić information content (AvgIpc) is 3.29. The smallest absolute Gasteiger partial charge is 0.222 e. The summed E-state index contributed by atoms with van der Waals surface area (Å²) in [4.78, 5) is 14.3. The number of benzene rings is 2. The van der Waals surface area contributed by atoms with Crippen LogP contribution in [0.25, 0.3) is 11.3 Å². The molecule has 0 saturated carbocycles. The van der Waals surface area contributed by atoms with Crippen LogP contribution in [0.2, 0.25) is 0 Å². The standard InChI is InChI=1S/C25H29NO5/c1-26(16-15-18-5-12-23(29-3)24(17-18)30-4)25(27)14-11-21-10-13-22(31-21)19-6-8-20(28-2)9-7-19/h5-10,12-13,17H,11,14-16H2,1-4H3. The molecule has 1 heterocycles. The largest absolute Gasteiger partial charge is 0.497 e. The van der Waals surface area contributed by atoms with Crippen LogP contribution in [0.3, 0.4) is 0 Å². The minimum Gasteiger partial charge on any atom is -0.497 e. The number of carbonyl (C=O) groups excluding carboxylic acids is 1. The van der Waals surface area contributed by atoms with Gasteiger partial charge in [0.2, 0.25) is 5.91 Å². The van der Waals surface area contributed by atoms with Crippen LogP contribution in [0.1, 0.15) is 17.7 Å². The van der Waals surface area contributed by atoms with Gasteiger partial charge in [0.25, 0.3) is 0 Å². The average molecular weight is 424 g/mol. The Morgan fingerprint density at radius 2 is 1.61 bits per heavy atom. The van der Waals surface area contributed by atoms with Crippen molar-refractivity contribution in [2.45, 2.75) is 19.3 Å². The lowest BCUT2D eigenvalue weighted by Crippen LogP contribution is -2.29. The van der Waals surface area contributed by atoms with Gasteiger partial charge in [-0.3, -0.25) is 4.79 Å². The van der Waals surface area contributed by atoms with Gasteiger partial charge in [0.05, 0.1) is 21.3 Å². The molecule has 31 heavy (non-hydrogen) atoms. The van der Waals surface area contributed by atoms with Crippen molar-refractivity contribution < 1.29 is 23.4 Å². The zero-order valence-electron chi connectivity index (χ0n) is 18.5. The third-order valence-electron chi connectivity index (χ3n) is 5.23. The molecule has 3 rings (SSSR count). The number of ether oxygens (including phenoxy) is 3. The molecule has 0 fully saturated rings. The summed E-state index contributed by atoms with van der Waals surface area (Å²) in [6, 6.07) is 17.4. The molecule has 0 spiro atoms. The van der Waals surface area contributed by atoms with Crippen molar-refractivity contribution in [2.24, 2.45) is 0 Å². The molecule has 0 radical (unpaired) electrons. The highest BCUT2D eigenvalue weighted by atomic mass is 16.5. The van der Waals surface area contributed by atoms with Crippen molar-refractivity contribution in [1.29, 1.82) is 0 Å². The number of hydrogen-bond donors (Lipinski definition) is 0. The first-order chi connectivity index (χ1) is 15.0. The van der Waals surface area contributed by atoms with Gasteiger partial charge in [-0.25, -0.2) is 0 Å². The fourth-order valence-corrected chi connectivity index (χ4v) is 3.30. The van der Waals surface area contributed by atoms with Gasteiger partial charge in [0.1, 0.15) is 17.3 Å². The molecule has 6 heteroatoms. The molecule has 0 N–H and O–H groups in total. The van der Waals surface area contributed by atoms with E-state index in [1.807, 2.05) is 61.6 Å². The predicted octanol–water partition coefficient (Wildman–Crippen LogP) is 4.61. The molecule has 0 aliphatic carbocycles. The maximum atomic E-state index is 12.5. The lowest BCUT2D eigenvalue weighted by atomic mass is 10.1. The summed E-state index contributed by atoms with van der Waals surface area (Å²) in [6.07, 6.45) is 1.71. The Labute approximate surface area is 183 Å². The summed E-state index contributed by atoms with van der Waals surface area (Å²) >= 11 is 0. The van der Waals surface area contributed by atoms with Gasteiger partial charge in [0.15, 0.2) is 11.5 Å². The summed E-state index contributed by atoms with van der Waals surface area (Å²) in [5.41, 5.74) is 2.07. The molecule has 0 bridgehead atoms. The highest BCUT2D eigenvalue weighted by Gasteiger charge is 2.12. The summed E-state index contributed by atoms with van der Waals surface area (Å²) in [5.74, 6) is 3.86. The molecular weight excluding hydrogens is 394 g/mol. The van der Waals surface area contributed by atoms with Gasteiger partial charge >= 0.3 is 0 Å². The zero-order chi connectivity index (χ0) is 22.2. The molecule has 0 atom stereocenters. The minimum atomic E-state index is 0.0860. The number of hydrogen-bond acceptors (Lipinski definition) is 5. The van der Waals surface area contributed by atoms with Crippen molar-refractivity contribution in [1.82, 2.24) is 4.90 Å². The summed E-state index contributed by atoms with van der Waals surface area (Å²) in [5, 5.41) is 0. The molecule has 3 aromatic rings. The third kappa shape index (κ3) is 5.81. The van der Waals surface area contributed by atoms with Crippen molar-refractivity contribution >= 4 is 5.91 Å². The van der Waals surface area contributed by atoms with E-state index in [1.165, 1.54) is 0 Å². The quantitative estimate of drug-likeness (QED) is 0.477. The highest BCUT2D eigenvalue weighted by Crippen LogP contribution is 2.28. The molecule has 164 valence electrons. The summed E-state index contributed by atoms with van der Waals surface area (Å²) in [6.45, 7) is 0.629. The Kier molecular flexibility index (Phi) is 7.60. The van der Waals surface area contributed by atoms with E-state index in [2.05, 4.69) is 0 Å². The second-order valence-electron chi connectivity index (χ2n) is 7.25. The van der Waals surface area contributed by atoms with E-state index < -0.39 is 0 Å². The molecule has 0 aliphatic heterocycles. The molecule has 0 saturated heterocycles. The Balaban J connectivity index is 1.49. The van der Waals surface area contributed by atoms with Crippen LogP contribution in [0.15, 0.2) is 59.0 Å². The Hall–Kier alpha value is -3.41. The van der Waals surface area contributed by atoms with Crippen LogP contribution in [0.4, 0.5) is 0 Å². The molecule has 0 aliphatic rings. The number of nitrogens with zero attached hydrogens (tertiary/aromatic N) is 1. The first-order valence-corrected chi connectivity index (χ1v) is 10.2. The number of methoxy groups -OCH3 is 3. The highest BCUT2D eigenvalue weighted by molar-refractivity contribution is 5.76. The van der Waals surface area contributed by atoms with Crippen molar-refractivity contribution in [2.75, 3.05) is 34.9 Å². The number of amides is 1. The van der Waals surface area contributed by atoms with E-state index >= 15 is 0 Å². The fourth-order valence-electron chi connectivity index (χ4n) is 3.30. The Morgan fingerprint density at radius 1 is 0.871 bits per heavy atom. The zero-order valence-corrected chi connectivity index (χ0v) is 18.5. The van der Waals surface area contributed by atoms with Gasteiger partial charge in [-0.1, -0.05) is 6.07 Å². The fraction of sp³-hybridized carbons (Fsp3) is 0.320. The normalized spacial score (nSPS) is 10.6. The van der Waals surface area contributed by atoms with Gasteiger partial charge in [-0.05, 0) is 60.5 Å². The lowest BCUT2D eigenvalue weighted by Gasteiger charge is -2.17. The number of furan rings is 1. The van der Waals surface area contributed by atoms with E-state index in [4.69, 9.17) is 18.6 Å². The van der Waals surface area contributed by atoms with Crippen LogP contribution < -0.4 is 14.2 Å². The Morgan fingerprint density at radius 3 is 2.29 bits per heavy atom. The van der Waals surface area contributed by atoms with Crippen LogP contribution in [-0.4, -0.2) is 45.7 Å². The lowest BCUT2D eigenvalue weighted by molar-refractivity contribution is -0.129. The van der Waals surface area contributed by atoms with E-state index in [0.29, 0.717) is 30.9 Å². The second kappa shape index (κ2) is 10.6. The number of aryl methyl sites for hydroxylation is 1. The maximum absolute atomic E-state index is 12.5. The van der Waals surface area contributed by atoms with Crippen LogP contribution in [0, 0.1) is 0 Å². The third-order valence-corrected chi connectivity index (χ3v) is 5.23. The van der Waals surface area contributed by atoms with Gasteiger partial charge < -0.3 is 23.5 Å². The molecule has 6 nitrogen and oxygen atoms in total. The monoisotopic (exact) mass is 423 g/mol. The molecule has 1 amide bonds. The SMILES string of the molecule is COc1ccc(-c2ccc(CCC(=O)N(C)CCc3ccc(OC)c(OC)c3)o2)cc1. The minimum absolute atomic E-state index is 0.0860. The van der Waals surface area contributed by atoms with E-state index in [-0.39, 0.29) is 5.91 Å². The molecule has 2 aromatic carbocycles. The molecule has 0 unspecified atom stereocenters. The van der Waals surface area contributed by atoms with Crippen LogP contribution in [0.5, 0.6) is 17.2 Å². The summed E-state index contributed by atoms with van der Waals surface area (Å²) < 4.78 is 21.7. The van der Waals surface area contributed by atoms with E-state index in [9.17, 15) is 4.79 Å². The van der Waals surface area contributed by atoms with Gasteiger partial charge in [-0.15, -0.1) is 0 Å². The second-order valence-corrected chi connectivity index (χ2v) is 7.25. The van der Waals surface area contributed by atoms with E-state index in [1.54, 1.807) is 26.2 Å². The first kappa shape index (κ1) is 22.3. The van der Waals surface area contributed by atoms with Gasteiger partial charge in [0, 0.05) is 32.0 Å². The predicted molar refractivity (Wildman–Crippen MR) is 120 cm³/mol. The first-order valence-electron chi connectivity index (χ1n) is 10.2. The number of rotatable bonds is 10. The van der Waals surface area contributed by atoms with Crippen molar-refractivity contribution in [3.63, 3.8) is 0 Å². The molecule has 1 aromatic heterocycles. The molecular formula is C25H29NO5. The van der Waals surface area contributed by atoms with Crippen molar-refractivity contribution in [3.05, 3.63) is 65.9 Å². The maximum Gasteiger partial charge on any atom is 0.222 e. The number of likely N-dealkylation sites (N-methyl/N-ethyl adjacent to an activating group) is 1. The van der Waals surface area contributed by atoms with Crippen LogP contribution in [-0.2, 0) is 17.6 Å². The van der Waals surface area contributed by atoms with Gasteiger partial charge in [-0.2, -0.15) is 0 Å². The van der Waals surface area contributed by atoms with Crippen molar-refractivity contribution in [3.8, 4) is 28.6 Å². The van der Waals surface area contributed by atoms with Crippen LogP contribution >= 0.6 is 0 Å². The topological polar surface area (TPSA) is 61.1 Å².